The zero-order chi connectivity index (χ0) is 14.3. The standard InChI is InChI=1S/C15H22BrNO2/c1-11-4-5-13(8-12(11)2)9-15(18)17-14(6-7-16)10-19-3/h4-5,8,14H,6-7,9-10H2,1-3H3,(H,17,18). The molecular weight excluding hydrogens is 306 g/mol. The summed E-state index contributed by atoms with van der Waals surface area (Å²) in [6.07, 6.45) is 1.29. The van der Waals surface area contributed by atoms with Crippen molar-refractivity contribution in [1.82, 2.24) is 5.32 Å². The van der Waals surface area contributed by atoms with Gasteiger partial charge >= 0.3 is 0 Å². The molecule has 19 heavy (non-hydrogen) atoms. The van der Waals surface area contributed by atoms with Gasteiger partial charge in [-0.05, 0) is 37.0 Å². The third kappa shape index (κ3) is 5.74. The van der Waals surface area contributed by atoms with Gasteiger partial charge in [0.2, 0.25) is 5.91 Å². The molecule has 1 unspecified atom stereocenters. The van der Waals surface area contributed by atoms with Gasteiger partial charge in [-0.15, -0.1) is 0 Å². The van der Waals surface area contributed by atoms with E-state index in [4.69, 9.17) is 4.74 Å². The maximum atomic E-state index is 12.0. The minimum Gasteiger partial charge on any atom is -0.383 e. The molecule has 0 heterocycles. The van der Waals surface area contributed by atoms with Crippen molar-refractivity contribution < 1.29 is 9.53 Å². The molecule has 0 spiro atoms. The van der Waals surface area contributed by atoms with E-state index in [1.165, 1.54) is 11.1 Å². The molecule has 0 bridgehead atoms. The fourth-order valence-electron chi connectivity index (χ4n) is 1.91. The van der Waals surface area contributed by atoms with E-state index in [9.17, 15) is 4.79 Å². The van der Waals surface area contributed by atoms with Crippen LogP contribution >= 0.6 is 15.9 Å². The van der Waals surface area contributed by atoms with Crippen LogP contribution < -0.4 is 5.32 Å². The van der Waals surface area contributed by atoms with Crippen LogP contribution in [0.3, 0.4) is 0 Å². The van der Waals surface area contributed by atoms with E-state index in [0.717, 1.165) is 17.3 Å². The van der Waals surface area contributed by atoms with Gasteiger partial charge in [-0.2, -0.15) is 0 Å². The van der Waals surface area contributed by atoms with E-state index in [1.54, 1.807) is 7.11 Å². The fourth-order valence-corrected chi connectivity index (χ4v) is 2.46. The summed E-state index contributed by atoms with van der Waals surface area (Å²) in [6, 6.07) is 6.22. The Morgan fingerprint density at radius 1 is 1.37 bits per heavy atom. The summed E-state index contributed by atoms with van der Waals surface area (Å²) < 4.78 is 5.11. The van der Waals surface area contributed by atoms with Crippen LogP contribution in [0.1, 0.15) is 23.1 Å². The maximum absolute atomic E-state index is 12.0. The lowest BCUT2D eigenvalue weighted by molar-refractivity contribution is -0.121. The van der Waals surface area contributed by atoms with E-state index in [-0.39, 0.29) is 11.9 Å². The van der Waals surface area contributed by atoms with Crippen molar-refractivity contribution >= 4 is 21.8 Å². The zero-order valence-corrected chi connectivity index (χ0v) is 13.4. The van der Waals surface area contributed by atoms with Crippen molar-refractivity contribution in [3.63, 3.8) is 0 Å². The molecule has 0 aliphatic rings. The second kappa shape index (κ2) is 8.33. The van der Waals surface area contributed by atoms with Crippen molar-refractivity contribution in [1.29, 1.82) is 0 Å². The third-order valence-corrected chi connectivity index (χ3v) is 3.58. The van der Waals surface area contributed by atoms with E-state index in [0.29, 0.717) is 13.0 Å². The van der Waals surface area contributed by atoms with Crippen LogP contribution in [0, 0.1) is 13.8 Å². The average Bonchev–Trinajstić information content (AvgIpc) is 2.34. The van der Waals surface area contributed by atoms with Gasteiger partial charge < -0.3 is 10.1 Å². The molecule has 1 rings (SSSR count). The van der Waals surface area contributed by atoms with Crippen molar-refractivity contribution in [2.75, 3.05) is 19.0 Å². The third-order valence-electron chi connectivity index (χ3n) is 3.13. The van der Waals surface area contributed by atoms with Crippen molar-refractivity contribution in [2.24, 2.45) is 0 Å². The van der Waals surface area contributed by atoms with E-state index < -0.39 is 0 Å². The zero-order valence-electron chi connectivity index (χ0n) is 11.8. The largest absolute Gasteiger partial charge is 0.383 e. The number of hydrogen-bond acceptors (Lipinski definition) is 2. The van der Waals surface area contributed by atoms with Gasteiger partial charge in [0.05, 0.1) is 19.1 Å². The SMILES string of the molecule is COCC(CCBr)NC(=O)Cc1ccc(C)c(C)c1. The lowest BCUT2D eigenvalue weighted by atomic mass is 10.0. The molecule has 0 aliphatic heterocycles. The Kier molecular flexibility index (Phi) is 7.10. The molecule has 1 aromatic rings. The number of rotatable bonds is 7. The molecule has 0 fully saturated rings. The summed E-state index contributed by atoms with van der Waals surface area (Å²) in [7, 11) is 1.65. The first-order valence-electron chi connectivity index (χ1n) is 6.47. The first-order valence-corrected chi connectivity index (χ1v) is 7.59. The van der Waals surface area contributed by atoms with Crippen LogP contribution in [0.4, 0.5) is 0 Å². The minimum atomic E-state index is 0.0475. The van der Waals surface area contributed by atoms with Gasteiger partial charge in [-0.25, -0.2) is 0 Å². The van der Waals surface area contributed by atoms with Crippen LogP contribution in [0.25, 0.3) is 0 Å². The highest BCUT2D eigenvalue weighted by molar-refractivity contribution is 9.09. The highest BCUT2D eigenvalue weighted by atomic mass is 79.9. The predicted octanol–water partition coefficient (Wildman–Crippen LogP) is 2.76. The lowest BCUT2D eigenvalue weighted by Crippen LogP contribution is -2.39. The first kappa shape index (κ1) is 16.2. The van der Waals surface area contributed by atoms with Gasteiger partial charge in [0.15, 0.2) is 0 Å². The molecule has 1 N–H and O–H groups in total. The summed E-state index contributed by atoms with van der Waals surface area (Å²) in [4.78, 5) is 12.0. The number of carbonyl (C=O) groups excluding carboxylic acids is 1. The number of benzene rings is 1. The van der Waals surface area contributed by atoms with Crippen LogP contribution in [0.2, 0.25) is 0 Å². The molecule has 0 radical (unpaired) electrons. The van der Waals surface area contributed by atoms with Gasteiger partial charge in [-0.3, -0.25) is 4.79 Å². The number of methoxy groups -OCH3 is 1. The fraction of sp³-hybridized carbons (Fsp3) is 0.533. The Hall–Kier alpha value is -0.870. The Morgan fingerprint density at radius 3 is 2.68 bits per heavy atom. The number of ether oxygens (including phenoxy) is 1. The number of nitrogens with one attached hydrogen (secondary N) is 1. The molecule has 0 aliphatic carbocycles. The smallest absolute Gasteiger partial charge is 0.224 e. The van der Waals surface area contributed by atoms with Gasteiger partial charge in [-0.1, -0.05) is 34.1 Å². The number of hydrogen-bond donors (Lipinski definition) is 1. The molecule has 0 saturated heterocycles. The van der Waals surface area contributed by atoms with Gasteiger partial charge in [0.25, 0.3) is 0 Å². The van der Waals surface area contributed by atoms with E-state index in [1.807, 2.05) is 6.07 Å². The summed E-state index contributed by atoms with van der Waals surface area (Å²) in [6.45, 7) is 4.68. The molecule has 1 atom stereocenters. The molecular formula is C15H22BrNO2. The predicted molar refractivity (Wildman–Crippen MR) is 81.8 cm³/mol. The Balaban J connectivity index is 2.55. The monoisotopic (exact) mass is 327 g/mol. The molecule has 1 amide bonds. The van der Waals surface area contributed by atoms with Crippen LogP contribution in [0.15, 0.2) is 18.2 Å². The second-order valence-electron chi connectivity index (χ2n) is 4.79. The minimum absolute atomic E-state index is 0.0475. The van der Waals surface area contributed by atoms with Crippen LogP contribution in [-0.2, 0) is 16.0 Å². The van der Waals surface area contributed by atoms with Crippen LogP contribution in [0.5, 0.6) is 0 Å². The quantitative estimate of drug-likeness (QED) is 0.782. The second-order valence-corrected chi connectivity index (χ2v) is 5.59. The van der Waals surface area contributed by atoms with Crippen molar-refractivity contribution in [2.45, 2.75) is 32.7 Å². The molecule has 4 heteroatoms. The van der Waals surface area contributed by atoms with Gasteiger partial charge in [0, 0.05) is 12.4 Å². The van der Waals surface area contributed by atoms with Crippen molar-refractivity contribution in [3.8, 4) is 0 Å². The first-order chi connectivity index (χ1) is 9.06. The highest BCUT2D eigenvalue weighted by Gasteiger charge is 2.12. The Bertz CT molecular complexity index is 415. The Morgan fingerprint density at radius 2 is 2.11 bits per heavy atom. The normalized spacial score (nSPS) is 12.2. The van der Waals surface area contributed by atoms with E-state index in [2.05, 4.69) is 47.2 Å². The average molecular weight is 328 g/mol. The number of aryl methyl sites for hydroxylation is 2. The summed E-state index contributed by atoms with van der Waals surface area (Å²) in [5.41, 5.74) is 3.52. The summed E-state index contributed by atoms with van der Waals surface area (Å²) in [5, 5.41) is 3.86. The Labute approximate surface area is 123 Å². The number of halogens is 1. The number of alkyl halides is 1. The molecule has 0 aromatic heterocycles. The molecule has 106 valence electrons. The molecule has 3 nitrogen and oxygen atoms in total. The van der Waals surface area contributed by atoms with Gasteiger partial charge in [0.1, 0.15) is 0 Å². The number of carbonyl (C=O) groups is 1. The summed E-state index contributed by atoms with van der Waals surface area (Å²) in [5.74, 6) is 0.0475. The molecule has 1 aromatic carbocycles. The lowest BCUT2D eigenvalue weighted by Gasteiger charge is -2.17. The molecule has 0 saturated carbocycles. The summed E-state index contributed by atoms with van der Waals surface area (Å²) >= 11 is 3.39. The maximum Gasteiger partial charge on any atom is 0.224 e. The number of amides is 1. The van der Waals surface area contributed by atoms with E-state index >= 15 is 0 Å². The highest BCUT2D eigenvalue weighted by Crippen LogP contribution is 2.10. The topological polar surface area (TPSA) is 38.3 Å². The van der Waals surface area contributed by atoms with Crippen molar-refractivity contribution in [3.05, 3.63) is 34.9 Å². The van der Waals surface area contributed by atoms with Crippen LogP contribution in [-0.4, -0.2) is 31.0 Å².